The molecule has 0 spiro atoms. The van der Waals surface area contributed by atoms with Gasteiger partial charge in [-0.15, -0.1) is 0 Å². The van der Waals surface area contributed by atoms with Gasteiger partial charge in [-0.1, -0.05) is 11.6 Å². The lowest BCUT2D eigenvalue weighted by molar-refractivity contribution is -0.131. The van der Waals surface area contributed by atoms with Crippen LogP contribution in [0.2, 0.25) is 5.02 Å². The zero-order valence-electron chi connectivity index (χ0n) is 7.11. The normalized spacial score (nSPS) is 10.4. The maximum absolute atomic E-state index is 11.3. The lowest BCUT2D eigenvalue weighted by Gasteiger charge is -1.94. The third-order valence-electron chi connectivity index (χ3n) is 1.51. The summed E-state index contributed by atoms with van der Waals surface area (Å²) in [6.45, 7) is 0. The number of aliphatic carboxylic acids is 1. The van der Waals surface area contributed by atoms with Gasteiger partial charge >= 0.3 is 5.97 Å². The number of carboxylic acids is 1. The Kier molecular flexibility index (Phi) is 3.42. The fourth-order valence-electron chi connectivity index (χ4n) is 0.857. The fourth-order valence-corrected chi connectivity index (χ4v) is 0.983. The van der Waals surface area contributed by atoms with E-state index in [2.05, 4.69) is 0 Å². The van der Waals surface area contributed by atoms with Gasteiger partial charge in [-0.2, -0.15) is 0 Å². The van der Waals surface area contributed by atoms with E-state index in [0.29, 0.717) is 10.6 Å². The molecule has 1 aromatic carbocycles. The van der Waals surface area contributed by atoms with Crippen LogP contribution in [0.4, 0.5) is 0 Å². The number of carbonyl (C=O) groups is 2. The summed E-state index contributed by atoms with van der Waals surface area (Å²) >= 11 is 5.62. The summed E-state index contributed by atoms with van der Waals surface area (Å²) in [4.78, 5) is 21.4. The van der Waals surface area contributed by atoms with E-state index in [0.717, 1.165) is 12.2 Å². The van der Waals surface area contributed by atoms with Crippen LogP contribution in [0.15, 0.2) is 36.4 Å². The maximum atomic E-state index is 11.3. The first-order chi connectivity index (χ1) is 6.59. The van der Waals surface area contributed by atoms with Crippen LogP contribution in [0.25, 0.3) is 0 Å². The highest BCUT2D eigenvalue weighted by atomic mass is 35.5. The summed E-state index contributed by atoms with van der Waals surface area (Å²) in [5.41, 5.74) is 0.409. The zero-order valence-corrected chi connectivity index (χ0v) is 7.86. The molecule has 0 fully saturated rings. The third kappa shape index (κ3) is 3.03. The summed E-state index contributed by atoms with van der Waals surface area (Å²) in [6.07, 6.45) is 1.81. The molecule has 0 radical (unpaired) electrons. The molecule has 1 aromatic rings. The molecule has 4 heteroatoms. The van der Waals surface area contributed by atoms with E-state index in [1.165, 1.54) is 12.1 Å². The van der Waals surface area contributed by atoms with Crippen molar-refractivity contribution in [2.75, 3.05) is 0 Å². The summed E-state index contributed by atoms with van der Waals surface area (Å²) in [5.74, 6) is -1.50. The second-order valence-electron chi connectivity index (χ2n) is 2.54. The highest BCUT2D eigenvalue weighted by Crippen LogP contribution is 2.10. The van der Waals surface area contributed by atoms with Gasteiger partial charge in [-0.25, -0.2) is 4.79 Å². The molecule has 0 aliphatic carbocycles. The monoisotopic (exact) mass is 210 g/mol. The Labute approximate surface area is 85.6 Å². The highest BCUT2D eigenvalue weighted by Gasteiger charge is 2.01. The predicted molar refractivity (Wildman–Crippen MR) is 52.6 cm³/mol. The smallest absolute Gasteiger partial charge is 0.328 e. The van der Waals surface area contributed by atoms with Crippen LogP contribution in [-0.4, -0.2) is 16.9 Å². The van der Waals surface area contributed by atoms with E-state index < -0.39 is 5.97 Å². The molecule has 0 heterocycles. The molecule has 0 unspecified atom stereocenters. The van der Waals surface area contributed by atoms with Crippen LogP contribution in [0.1, 0.15) is 10.4 Å². The molecule has 0 saturated heterocycles. The van der Waals surface area contributed by atoms with Crippen molar-refractivity contribution >= 4 is 23.4 Å². The second kappa shape index (κ2) is 4.58. The zero-order chi connectivity index (χ0) is 10.6. The topological polar surface area (TPSA) is 54.4 Å². The summed E-state index contributed by atoms with van der Waals surface area (Å²) in [6, 6.07) is 6.22. The third-order valence-corrected chi connectivity index (χ3v) is 1.76. The summed E-state index contributed by atoms with van der Waals surface area (Å²) < 4.78 is 0. The molecule has 0 saturated carbocycles. The number of rotatable bonds is 3. The Morgan fingerprint density at radius 3 is 2.21 bits per heavy atom. The van der Waals surface area contributed by atoms with Crippen molar-refractivity contribution in [2.45, 2.75) is 0 Å². The molecule has 0 amide bonds. The standard InChI is InChI=1S/C10H7ClO3/c11-8-3-1-7(2-4-8)9(12)5-6-10(13)14/h1-6H,(H,13,14)/b6-5+. The molecule has 0 bridgehead atoms. The number of hydrogen-bond acceptors (Lipinski definition) is 2. The fraction of sp³-hybridized carbons (Fsp3) is 0. The molecule has 1 N–H and O–H groups in total. The van der Waals surface area contributed by atoms with Gasteiger partial charge in [-0.05, 0) is 30.3 Å². The SMILES string of the molecule is O=C(O)/C=C/C(=O)c1ccc(Cl)cc1. The van der Waals surface area contributed by atoms with Crippen LogP contribution < -0.4 is 0 Å². The molecular formula is C10H7ClO3. The predicted octanol–water partition coefficient (Wildman–Crippen LogP) is 2.16. The van der Waals surface area contributed by atoms with Crippen molar-refractivity contribution in [1.29, 1.82) is 0 Å². The average Bonchev–Trinajstić information content (AvgIpc) is 2.15. The van der Waals surface area contributed by atoms with Crippen LogP contribution in [0.3, 0.4) is 0 Å². The van der Waals surface area contributed by atoms with Crippen LogP contribution >= 0.6 is 11.6 Å². The number of hydrogen-bond donors (Lipinski definition) is 1. The molecule has 72 valence electrons. The molecule has 0 atom stereocenters. The van der Waals surface area contributed by atoms with E-state index >= 15 is 0 Å². The van der Waals surface area contributed by atoms with Gasteiger partial charge in [0.05, 0.1) is 0 Å². The maximum Gasteiger partial charge on any atom is 0.328 e. The molecule has 0 aliphatic heterocycles. The largest absolute Gasteiger partial charge is 0.478 e. The lowest BCUT2D eigenvalue weighted by Crippen LogP contribution is -1.96. The number of carbonyl (C=O) groups excluding carboxylic acids is 1. The van der Waals surface area contributed by atoms with Crippen molar-refractivity contribution in [3.05, 3.63) is 47.0 Å². The number of halogens is 1. The second-order valence-corrected chi connectivity index (χ2v) is 2.98. The summed E-state index contributed by atoms with van der Waals surface area (Å²) in [7, 11) is 0. The van der Waals surface area contributed by atoms with Gasteiger partial charge < -0.3 is 5.11 Å². The average molecular weight is 211 g/mol. The Bertz CT molecular complexity index is 379. The van der Waals surface area contributed by atoms with Crippen molar-refractivity contribution in [2.24, 2.45) is 0 Å². The van der Waals surface area contributed by atoms with E-state index in [9.17, 15) is 9.59 Å². The molecular weight excluding hydrogens is 204 g/mol. The molecule has 1 rings (SSSR count). The lowest BCUT2D eigenvalue weighted by atomic mass is 10.1. The van der Waals surface area contributed by atoms with Crippen molar-refractivity contribution in [1.82, 2.24) is 0 Å². The van der Waals surface area contributed by atoms with Crippen LogP contribution in [-0.2, 0) is 4.79 Å². The van der Waals surface area contributed by atoms with Gasteiger partial charge in [0, 0.05) is 16.7 Å². The van der Waals surface area contributed by atoms with E-state index in [1.54, 1.807) is 12.1 Å². The first kappa shape index (κ1) is 10.5. The Morgan fingerprint density at radius 2 is 1.71 bits per heavy atom. The molecule has 0 aromatic heterocycles. The number of benzene rings is 1. The highest BCUT2D eigenvalue weighted by molar-refractivity contribution is 6.30. The Balaban J connectivity index is 2.80. The van der Waals surface area contributed by atoms with Gasteiger partial charge in [-0.3, -0.25) is 4.79 Å². The minimum absolute atomic E-state index is 0.357. The molecule has 0 aliphatic rings. The number of ketones is 1. The van der Waals surface area contributed by atoms with Crippen molar-refractivity contribution in [3.63, 3.8) is 0 Å². The number of carboxylic acid groups (broad SMARTS) is 1. The minimum atomic E-state index is -1.15. The van der Waals surface area contributed by atoms with Gasteiger partial charge in [0.1, 0.15) is 0 Å². The molecule has 3 nitrogen and oxygen atoms in total. The number of allylic oxidation sites excluding steroid dienone is 1. The van der Waals surface area contributed by atoms with Crippen LogP contribution in [0.5, 0.6) is 0 Å². The van der Waals surface area contributed by atoms with E-state index in [1.807, 2.05) is 0 Å². The quantitative estimate of drug-likeness (QED) is 0.615. The first-order valence-electron chi connectivity index (χ1n) is 3.80. The van der Waals surface area contributed by atoms with Crippen molar-refractivity contribution in [3.8, 4) is 0 Å². The van der Waals surface area contributed by atoms with Gasteiger partial charge in [0.2, 0.25) is 0 Å². The Hall–Kier alpha value is -1.61. The first-order valence-corrected chi connectivity index (χ1v) is 4.18. The van der Waals surface area contributed by atoms with Gasteiger partial charge in [0.25, 0.3) is 0 Å². The van der Waals surface area contributed by atoms with Crippen LogP contribution in [0, 0.1) is 0 Å². The van der Waals surface area contributed by atoms with E-state index in [4.69, 9.17) is 16.7 Å². The molecule has 14 heavy (non-hydrogen) atoms. The minimum Gasteiger partial charge on any atom is -0.478 e. The van der Waals surface area contributed by atoms with Crippen molar-refractivity contribution < 1.29 is 14.7 Å². The Morgan fingerprint density at radius 1 is 1.14 bits per heavy atom. The van der Waals surface area contributed by atoms with E-state index in [-0.39, 0.29) is 5.78 Å². The summed E-state index contributed by atoms with van der Waals surface area (Å²) in [5, 5.41) is 8.82. The van der Waals surface area contributed by atoms with Gasteiger partial charge in [0.15, 0.2) is 5.78 Å².